The van der Waals surface area contributed by atoms with Gasteiger partial charge in [-0.2, -0.15) is 13.2 Å². The molecule has 0 saturated carbocycles. The second-order valence-corrected chi connectivity index (χ2v) is 9.57. The summed E-state index contributed by atoms with van der Waals surface area (Å²) in [7, 11) is 0. The van der Waals surface area contributed by atoms with Crippen LogP contribution in [0.3, 0.4) is 0 Å². The first-order valence-electron chi connectivity index (χ1n) is 11.0. The third-order valence-corrected chi connectivity index (χ3v) is 6.46. The molecule has 0 bridgehead atoms. The predicted octanol–water partition coefficient (Wildman–Crippen LogP) is 4.79. The Labute approximate surface area is 191 Å². The molecule has 0 unspecified atom stereocenters. The first-order chi connectivity index (χ1) is 15.4. The molecule has 1 saturated heterocycles. The number of amides is 2. The summed E-state index contributed by atoms with van der Waals surface area (Å²) in [6.45, 7) is 6.17. The number of fused-ring (bicyclic) bond motifs is 2. The second-order valence-electron chi connectivity index (χ2n) is 9.57. The summed E-state index contributed by atoms with van der Waals surface area (Å²) in [6.07, 6.45) is -3.65. The lowest BCUT2D eigenvalue weighted by atomic mass is 9.73. The van der Waals surface area contributed by atoms with E-state index >= 15 is 0 Å². The van der Waals surface area contributed by atoms with Gasteiger partial charge in [0.25, 0.3) is 5.91 Å². The molecule has 1 spiro atoms. The molecule has 0 radical (unpaired) electrons. The largest absolute Gasteiger partial charge is 0.483 e. The second kappa shape index (κ2) is 8.08. The smallest absolute Gasteiger partial charge is 0.419 e. The number of hydrogen-bond acceptors (Lipinski definition) is 3. The summed E-state index contributed by atoms with van der Waals surface area (Å²) in [6, 6.07) is 12.6. The van der Waals surface area contributed by atoms with E-state index in [1.807, 2.05) is 49.9 Å². The van der Waals surface area contributed by atoms with Gasteiger partial charge in [0.15, 0.2) is 6.61 Å². The van der Waals surface area contributed by atoms with Crippen LogP contribution in [-0.4, -0.2) is 41.9 Å². The quantitative estimate of drug-likeness (QED) is 0.662. The van der Waals surface area contributed by atoms with Gasteiger partial charge >= 0.3 is 6.18 Å². The van der Waals surface area contributed by atoms with Crippen molar-refractivity contribution in [2.24, 2.45) is 0 Å². The maximum absolute atomic E-state index is 13.6. The van der Waals surface area contributed by atoms with Crippen molar-refractivity contribution in [3.63, 3.8) is 0 Å². The monoisotopic (exact) mass is 460 g/mol. The molecule has 2 amide bonds. The number of alkyl halides is 3. The number of hydrogen-bond donors (Lipinski definition) is 0. The van der Waals surface area contributed by atoms with Crippen molar-refractivity contribution in [1.29, 1.82) is 0 Å². The van der Waals surface area contributed by atoms with Crippen molar-refractivity contribution in [1.82, 2.24) is 4.90 Å². The number of piperidine rings is 1. The van der Waals surface area contributed by atoms with E-state index in [2.05, 4.69) is 0 Å². The molecule has 5 nitrogen and oxygen atoms in total. The van der Waals surface area contributed by atoms with Gasteiger partial charge in [0.1, 0.15) is 5.75 Å². The molecule has 0 atom stereocenters. The number of ether oxygens (including phenoxy) is 1. The summed E-state index contributed by atoms with van der Waals surface area (Å²) in [5, 5.41) is 0. The Kier molecular flexibility index (Phi) is 5.66. The molecule has 2 heterocycles. The Morgan fingerprint density at radius 2 is 1.61 bits per heavy atom. The van der Waals surface area contributed by atoms with Gasteiger partial charge in [0.05, 0.1) is 11.0 Å². The lowest BCUT2D eigenvalue weighted by Gasteiger charge is -2.40. The number of carbonyl (C=O) groups excluding carboxylic acids is 2. The fourth-order valence-electron chi connectivity index (χ4n) is 4.86. The number of anilines is 1. The highest BCUT2D eigenvalue weighted by Gasteiger charge is 2.54. The standard InChI is InChI=1S/C25H27F3N2O3/c1-23(2,3)30-19-10-6-4-8-17(19)24(22(30)32)12-14-29(15-13-24)21(31)16-33-20-11-7-5-9-18(20)25(26,27)28/h4-11H,12-16H2,1-3H3. The molecule has 8 heteroatoms. The van der Waals surface area contributed by atoms with Crippen LogP contribution in [0.1, 0.15) is 44.7 Å². The number of rotatable bonds is 3. The normalized spacial score (nSPS) is 17.9. The molecular weight excluding hydrogens is 433 g/mol. The molecule has 2 aromatic carbocycles. The first-order valence-corrected chi connectivity index (χ1v) is 11.0. The number of likely N-dealkylation sites (tertiary alicyclic amines) is 1. The molecule has 2 aliphatic heterocycles. The number of carbonyl (C=O) groups is 2. The highest BCUT2D eigenvalue weighted by atomic mass is 19.4. The zero-order valence-corrected chi connectivity index (χ0v) is 18.9. The summed E-state index contributed by atoms with van der Waals surface area (Å²) < 4.78 is 44.7. The van der Waals surface area contributed by atoms with Crippen molar-refractivity contribution >= 4 is 17.5 Å². The maximum atomic E-state index is 13.6. The molecule has 2 aliphatic rings. The topological polar surface area (TPSA) is 49.9 Å². The molecule has 2 aromatic rings. The van der Waals surface area contributed by atoms with Crippen LogP contribution in [0.25, 0.3) is 0 Å². The summed E-state index contributed by atoms with van der Waals surface area (Å²) in [5.41, 5.74) is -0.103. The Bertz CT molecular complexity index is 1070. The van der Waals surface area contributed by atoms with Gasteiger partial charge in [-0.05, 0) is 57.4 Å². The van der Waals surface area contributed by atoms with Crippen LogP contribution in [0.5, 0.6) is 5.75 Å². The highest BCUT2D eigenvalue weighted by molar-refractivity contribution is 6.09. The van der Waals surface area contributed by atoms with E-state index in [0.717, 1.165) is 17.3 Å². The lowest BCUT2D eigenvalue weighted by Crippen LogP contribution is -2.54. The van der Waals surface area contributed by atoms with Gasteiger partial charge in [0.2, 0.25) is 5.91 Å². The Hall–Kier alpha value is -3.03. The third-order valence-electron chi connectivity index (χ3n) is 6.46. The number of benzene rings is 2. The van der Waals surface area contributed by atoms with Crippen LogP contribution in [0.4, 0.5) is 18.9 Å². The van der Waals surface area contributed by atoms with Crippen molar-refractivity contribution in [3.8, 4) is 5.75 Å². The Balaban J connectivity index is 1.46. The van der Waals surface area contributed by atoms with E-state index in [0.29, 0.717) is 25.9 Å². The summed E-state index contributed by atoms with van der Waals surface area (Å²) in [4.78, 5) is 29.7. The number of nitrogens with zero attached hydrogens (tertiary/aromatic N) is 2. The zero-order chi connectivity index (χ0) is 24.0. The molecule has 4 rings (SSSR count). The first kappa shape index (κ1) is 23.1. The van der Waals surface area contributed by atoms with E-state index in [1.54, 1.807) is 4.90 Å². The highest BCUT2D eigenvalue weighted by Crippen LogP contribution is 2.50. The number of halogens is 3. The molecule has 0 N–H and O–H groups in total. The molecule has 1 fully saturated rings. The van der Waals surface area contributed by atoms with E-state index in [1.165, 1.54) is 18.2 Å². The van der Waals surface area contributed by atoms with Crippen LogP contribution in [0, 0.1) is 0 Å². The molecular formula is C25H27F3N2O3. The Morgan fingerprint density at radius 3 is 2.24 bits per heavy atom. The van der Waals surface area contributed by atoms with Crippen LogP contribution in [-0.2, 0) is 21.2 Å². The van der Waals surface area contributed by atoms with Gasteiger partial charge in [-0.3, -0.25) is 9.59 Å². The van der Waals surface area contributed by atoms with Crippen LogP contribution < -0.4 is 9.64 Å². The van der Waals surface area contributed by atoms with Gasteiger partial charge < -0.3 is 14.5 Å². The zero-order valence-electron chi connectivity index (χ0n) is 18.9. The maximum Gasteiger partial charge on any atom is 0.419 e. The average Bonchev–Trinajstić information content (AvgIpc) is 3.00. The molecule has 176 valence electrons. The van der Waals surface area contributed by atoms with E-state index in [4.69, 9.17) is 4.74 Å². The SMILES string of the molecule is CC(C)(C)N1C(=O)C2(CCN(C(=O)COc3ccccc3C(F)(F)F)CC2)c2ccccc21. The predicted molar refractivity (Wildman–Crippen MR) is 118 cm³/mol. The van der Waals surface area contributed by atoms with Crippen LogP contribution in [0.15, 0.2) is 48.5 Å². The van der Waals surface area contributed by atoms with E-state index in [-0.39, 0.29) is 17.2 Å². The van der Waals surface area contributed by atoms with Crippen molar-refractivity contribution in [2.75, 3.05) is 24.6 Å². The van der Waals surface area contributed by atoms with E-state index < -0.39 is 29.7 Å². The average molecular weight is 460 g/mol. The lowest BCUT2D eigenvalue weighted by molar-refractivity contribution is -0.141. The summed E-state index contributed by atoms with van der Waals surface area (Å²) in [5.74, 6) is -0.723. The van der Waals surface area contributed by atoms with Gasteiger partial charge in [-0.1, -0.05) is 30.3 Å². The van der Waals surface area contributed by atoms with Crippen molar-refractivity contribution in [2.45, 2.75) is 50.7 Å². The minimum absolute atomic E-state index is 0.0404. The number of para-hydroxylation sites is 2. The van der Waals surface area contributed by atoms with Crippen molar-refractivity contribution in [3.05, 3.63) is 59.7 Å². The van der Waals surface area contributed by atoms with E-state index in [9.17, 15) is 22.8 Å². The molecule has 33 heavy (non-hydrogen) atoms. The van der Waals surface area contributed by atoms with Gasteiger partial charge in [-0.15, -0.1) is 0 Å². The minimum atomic E-state index is -4.56. The van der Waals surface area contributed by atoms with Crippen LogP contribution >= 0.6 is 0 Å². The van der Waals surface area contributed by atoms with Crippen LogP contribution in [0.2, 0.25) is 0 Å². The third kappa shape index (κ3) is 4.07. The minimum Gasteiger partial charge on any atom is -0.483 e. The van der Waals surface area contributed by atoms with Gasteiger partial charge in [-0.25, -0.2) is 0 Å². The molecule has 0 aromatic heterocycles. The summed E-state index contributed by atoms with van der Waals surface area (Å²) >= 11 is 0. The fraction of sp³-hybridized carbons (Fsp3) is 0.440. The van der Waals surface area contributed by atoms with Gasteiger partial charge in [0, 0.05) is 24.3 Å². The Morgan fingerprint density at radius 1 is 1.00 bits per heavy atom. The molecule has 0 aliphatic carbocycles. The fourth-order valence-corrected chi connectivity index (χ4v) is 4.86. The van der Waals surface area contributed by atoms with Crippen molar-refractivity contribution < 1.29 is 27.5 Å².